The van der Waals surface area contributed by atoms with Crippen LogP contribution < -0.4 is 0 Å². The second kappa shape index (κ2) is 3.92. The fraction of sp³-hybridized carbons (Fsp3) is 0.111. The number of hydrogen-bond acceptors (Lipinski definition) is 0. The van der Waals surface area contributed by atoms with Crippen LogP contribution >= 0.6 is 63.7 Å². The molecule has 0 amide bonds. The molecule has 2 aromatic rings. The summed E-state index contributed by atoms with van der Waals surface area (Å²) in [6, 6.07) is 0. The lowest BCUT2D eigenvalue weighted by Gasteiger charge is -2.04. The molecule has 0 spiro atoms. The van der Waals surface area contributed by atoms with Crippen molar-refractivity contribution in [2.75, 3.05) is 0 Å². The summed E-state index contributed by atoms with van der Waals surface area (Å²) in [5.74, 6) is 0. The number of halogens is 4. The van der Waals surface area contributed by atoms with Crippen LogP contribution in [-0.2, 0) is 7.05 Å². The average Bonchev–Trinajstić information content (AvgIpc) is 2.54. The van der Waals surface area contributed by atoms with E-state index in [1.807, 2.05) is 11.6 Å². The van der Waals surface area contributed by atoms with E-state index in [2.05, 4.69) is 76.1 Å². The van der Waals surface area contributed by atoms with Gasteiger partial charge in [0.2, 0.25) is 0 Å². The predicted molar refractivity (Wildman–Crippen MR) is 73.7 cm³/mol. The number of aryl methyl sites for hydroxylation is 1. The minimum absolute atomic E-state index is 1.03. The van der Waals surface area contributed by atoms with Gasteiger partial charge in [-0.05, 0) is 63.7 Å². The molecule has 1 nitrogen and oxygen atoms in total. The summed E-state index contributed by atoms with van der Waals surface area (Å²) in [4.78, 5) is 0. The first kappa shape index (κ1) is 11.2. The maximum atomic E-state index is 3.57. The zero-order valence-corrected chi connectivity index (χ0v) is 13.5. The van der Waals surface area contributed by atoms with Gasteiger partial charge in [0.1, 0.15) is 0 Å². The molecule has 0 saturated heterocycles. The van der Waals surface area contributed by atoms with Crippen molar-refractivity contribution < 1.29 is 0 Å². The lowest BCUT2D eigenvalue weighted by atomic mass is 10.2. The van der Waals surface area contributed by atoms with E-state index >= 15 is 0 Å². The van der Waals surface area contributed by atoms with Crippen molar-refractivity contribution >= 4 is 74.5 Å². The van der Waals surface area contributed by atoms with Crippen LogP contribution in [0.2, 0.25) is 0 Å². The molecular formula is C9H5Br4N. The van der Waals surface area contributed by atoms with E-state index < -0.39 is 0 Å². The summed E-state index contributed by atoms with van der Waals surface area (Å²) in [5.41, 5.74) is 0. The van der Waals surface area contributed by atoms with Crippen LogP contribution in [0.1, 0.15) is 0 Å². The van der Waals surface area contributed by atoms with Crippen molar-refractivity contribution in [1.82, 2.24) is 4.57 Å². The topological polar surface area (TPSA) is 4.93 Å². The molecule has 0 fully saturated rings. The molecular weight excluding hydrogens is 442 g/mol. The monoisotopic (exact) mass is 443 g/mol. The lowest BCUT2D eigenvalue weighted by molar-refractivity contribution is 0.933. The van der Waals surface area contributed by atoms with Crippen LogP contribution in [0.4, 0.5) is 0 Å². The Labute approximate surface area is 115 Å². The van der Waals surface area contributed by atoms with Crippen molar-refractivity contribution in [3.05, 3.63) is 30.3 Å². The fourth-order valence-electron chi connectivity index (χ4n) is 1.36. The van der Waals surface area contributed by atoms with Crippen molar-refractivity contribution in [1.29, 1.82) is 0 Å². The minimum atomic E-state index is 1.03. The highest BCUT2D eigenvalue weighted by molar-refractivity contribution is 9.15. The molecule has 2 rings (SSSR count). The van der Waals surface area contributed by atoms with E-state index in [0.29, 0.717) is 0 Å². The molecule has 0 atom stereocenters. The third-order valence-corrected chi connectivity index (χ3v) is 6.84. The van der Waals surface area contributed by atoms with Gasteiger partial charge in [-0.3, -0.25) is 0 Å². The van der Waals surface area contributed by atoms with Gasteiger partial charge in [0, 0.05) is 48.1 Å². The standard InChI is InChI=1S/C9H5Br4N/c1-14-2-4-5(3-14)7(11)9(13)8(12)6(4)10/h2-3H,1H3. The van der Waals surface area contributed by atoms with Crippen LogP contribution in [-0.4, -0.2) is 4.57 Å². The van der Waals surface area contributed by atoms with E-state index in [-0.39, 0.29) is 0 Å². The van der Waals surface area contributed by atoms with Crippen LogP contribution in [0.3, 0.4) is 0 Å². The Morgan fingerprint density at radius 3 is 1.50 bits per heavy atom. The maximum absolute atomic E-state index is 3.57. The zero-order chi connectivity index (χ0) is 10.5. The molecule has 1 aromatic heterocycles. The van der Waals surface area contributed by atoms with Gasteiger partial charge in [-0.25, -0.2) is 0 Å². The normalized spacial score (nSPS) is 11.2. The molecule has 0 bridgehead atoms. The van der Waals surface area contributed by atoms with Gasteiger partial charge < -0.3 is 4.57 Å². The fourth-order valence-corrected chi connectivity index (χ4v) is 3.75. The Morgan fingerprint density at radius 1 is 0.786 bits per heavy atom. The molecule has 0 N–H and O–H groups in total. The summed E-state index contributed by atoms with van der Waals surface area (Å²) in [6.45, 7) is 0. The molecule has 0 aliphatic rings. The Kier molecular flexibility index (Phi) is 3.13. The van der Waals surface area contributed by atoms with E-state index in [4.69, 9.17) is 0 Å². The highest BCUT2D eigenvalue weighted by atomic mass is 79.9. The van der Waals surface area contributed by atoms with Crippen LogP contribution in [0.15, 0.2) is 30.3 Å². The van der Waals surface area contributed by atoms with E-state index in [1.165, 1.54) is 10.8 Å². The summed E-state index contributed by atoms with van der Waals surface area (Å²) >= 11 is 14.2. The smallest absolute Gasteiger partial charge is 0.0478 e. The highest BCUT2D eigenvalue weighted by Gasteiger charge is 2.14. The Bertz CT molecular complexity index is 470. The Hall–Kier alpha value is 0.680. The van der Waals surface area contributed by atoms with E-state index in [1.54, 1.807) is 0 Å². The summed E-state index contributed by atoms with van der Waals surface area (Å²) in [7, 11) is 2.01. The molecule has 0 aliphatic carbocycles. The Balaban J connectivity index is 3.01. The van der Waals surface area contributed by atoms with Gasteiger partial charge in [-0.2, -0.15) is 0 Å². The van der Waals surface area contributed by atoms with Crippen LogP contribution in [0.5, 0.6) is 0 Å². The molecule has 0 radical (unpaired) electrons. The third kappa shape index (κ3) is 1.62. The number of aromatic nitrogens is 1. The van der Waals surface area contributed by atoms with Gasteiger partial charge in [0.25, 0.3) is 0 Å². The highest BCUT2D eigenvalue weighted by Crippen LogP contribution is 2.43. The SMILES string of the molecule is Cn1cc2c(Br)c(Br)c(Br)c(Br)c2c1. The molecule has 5 heteroatoms. The summed E-state index contributed by atoms with van der Waals surface area (Å²) in [5, 5.41) is 2.38. The lowest BCUT2D eigenvalue weighted by Crippen LogP contribution is -1.77. The number of hydrogen-bond donors (Lipinski definition) is 0. The number of rotatable bonds is 0. The molecule has 0 aliphatic heterocycles. The first-order valence-corrected chi connectivity index (χ1v) is 6.97. The second-order valence-electron chi connectivity index (χ2n) is 3.01. The van der Waals surface area contributed by atoms with Crippen molar-refractivity contribution in [2.45, 2.75) is 0 Å². The van der Waals surface area contributed by atoms with Crippen molar-refractivity contribution in [3.8, 4) is 0 Å². The summed E-state index contributed by atoms with van der Waals surface area (Å²) < 4.78 is 6.25. The molecule has 0 unspecified atom stereocenters. The molecule has 14 heavy (non-hydrogen) atoms. The van der Waals surface area contributed by atoms with E-state index in [0.717, 1.165) is 17.9 Å². The molecule has 0 saturated carbocycles. The van der Waals surface area contributed by atoms with Crippen LogP contribution in [0, 0.1) is 0 Å². The summed E-state index contributed by atoms with van der Waals surface area (Å²) in [6.07, 6.45) is 4.17. The van der Waals surface area contributed by atoms with Crippen molar-refractivity contribution in [3.63, 3.8) is 0 Å². The van der Waals surface area contributed by atoms with Gasteiger partial charge in [-0.15, -0.1) is 0 Å². The number of fused-ring (bicyclic) bond motifs is 1. The van der Waals surface area contributed by atoms with Crippen LogP contribution in [0.25, 0.3) is 10.8 Å². The maximum Gasteiger partial charge on any atom is 0.0478 e. The van der Waals surface area contributed by atoms with Gasteiger partial charge in [0.05, 0.1) is 0 Å². The first-order valence-electron chi connectivity index (χ1n) is 3.80. The minimum Gasteiger partial charge on any atom is -0.356 e. The number of nitrogens with zero attached hydrogens (tertiary/aromatic N) is 1. The molecule has 74 valence electrons. The van der Waals surface area contributed by atoms with Gasteiger partial charge >= 0.3 is 0 Å². The van der Waals surface area contributed by atoms with Crippen molar-refractivity contribution in [2.24, 2.45) is 7.05 Å². The number of benzene rings is 1. The average molecular weight is 447 g/mol. The van der Waals surface area contributed by atoms with Gasteiger partial charge in [0.15, 0.2) is 0 Å². The van der Waals surface area contributed by atoms with E-state index in [9.17, 15) is 0 Å². The largest absolute Gasteiger partial charge is 0.356 e. The predicted octanol–water partition coefficient (Wildman–Crippen LogP) is 5.23. The molecule has 1 aromatic carbocycles. The third-order valence-electron chi connectivity index (χ3n) is 2.01. The first-order chi connectivity index (χ1) is 6.52. The quantitative estimate of drug-likeness (QED) is 0.386. The second-order valence-corrected chi connectivity index (χ2v) is 6.18. The zero-order valence-electron chi connectivity index (χ0n) is 7.11. The van der Waals surface area contributed by atoms with Gasteiger partial charge in [-0.1, -0.05) is 0 Å². The Morgan fingerprint density at radius 2 is 1.14 bits per heavy atom. The molecule has 1 heterocycles.